The van der Waals surface area contributed by atoms with Crippen molar-refractivity contribution in [3.8, 4) is 17.2 Å². The van der Waals surface area contributed by atoms with Crippen LogP contribution in [0.4, 0.5) is 4.79 Å². The average molecular weight is 371 g/mol. The van der Waals surface area contributed by atoms with E-state index in [2.05, 4.69) is 10.1 Å². The van der Waals surface area contributed by atoms with Crippen molar-refractivity contribution >= 4 is 6.09 Å². The fraction of sp³-hybridized carbons (Fsp3) is 0.562. The van der Waals surface area contributed by atoms with Crippen molar-refractivity contribution in [2.75, 3.05) is 21.0 Å². The highest BCUT2D eigenvalue weighted by atomic mass is 16.7. The van der Waals surface area contributed by atoms with Gasteiger partial charge in [-0.1, -0.05) is 0 Å². The third-order valence-corrected chi connectivity index (χ3v) is 4.71. The SMILES string of the molecule is COC(=O)N[C@H]1[C@H](O)[C@H](O)[C@@H](O)[C@H](O)[C@@H]1c1cc(OC)c2c(c1)OCO2. The number of hydrogen-bond acceptors (Lipinski definition) is 9. The molecular formula is C16H21NO9. The lowest BCUT2D eigenvalue weighted by molar-refractivity contribution is -0.154. The van der Waals surface area contributed by atoms with E-state index in [1.54, 1.807) is 12.1 Å². The Balaban J connectivity index is 2.05. The minimum Gasteiger partial charge on any atom is -0.493 e. The van der Waals surface area contributed by atoms with Gasteiger partial charge in [-0.15, -0.1) is 0 Å². The minimum absolute atomic E-state index is 0.00380. The van der Waals surface area contributed by atoms with Crippen LogP contribution in [0, 0.1) is 0 Å². The van der Waals surface area contributed by atoms with Gasteiger partial charge in [-0.3, -0.25) is 0 Å². The van der Waals surface area contributed by atoms with Crippen LogP contribution in [0.5, 0.6) is 17.2 Å². The van der Waals surface area contributed by atoms with Crippen molar-refractivity contribution in [1.82, 2.24) is 5.32 Å². The maximum absolute atomic E-state index is 11.7. The molecule has 0 radical (unpaired) electrons. The van der Waals surface area contributed by atoms with Gasteiger partial charge in [0.2, 0.25) is 12.5 Å². The van der Waals surface area contributed by atoms with Gasteiger partial charge in [0, 0.05) is 5.92 Å². The number of ether oxygens (including phenoxy) is 4. The van der Waals surface area contributed by atoms with Crippen molar-refractivity contribution < 1.29 is 44.2 Å². The summed E-state index contributed by atoms with van der Waals surface area (Å²) in [5.74, 6) is 0.0960. The maximum atomic E-state index is 11.7. The molecule has 0 bridgehead atoms. The predicted octanol–water partition coefficient (Wildman–Crippen LogP) is -1.31. The van der Waals surface area contributed by atoms with Crippen LogP contribution >= 0.6 is 0 Å². The molecule has 1 fully saturated rings. The summed E-state index contributed by atoms with van der Waals surface area (Å²) in [5.41, 5.74) is 0.407. The average Bonchev–Trinajstić information content (AvgIpc) is 3.12. The monoisotopic (exact) mass is 371 g/mol. The molecule has 2 aliphatic rings. The Morgan fingerprint density at radius 2 is 1.77 bits per heavy atom. The van der Waals surface area contributed by atoms with E-state index in [-0.39, 0.29) is 6.79 Å². The van der Waals surface area contributed by atoms with Crippen LogP contribution in [0.2, 0.25) is 0 Å². The highest BCUT2D eigenvalue weighted by Gasteiger charge is 2.50. The zero-order valence-corrected chi connectivity index (χ0v) is 14.2. The van der Waals surface area contributed by atoms with E-state index in [1.807, 2.05) is 0 Å². The molecule has 0 unspecified atom stereocenters. The number of fused-ring (bicyclic) bond motifs is 1. The number of amides is 1. The fourth-order valence-corrected chi connectivity index (χ4v) is 3.37. The number of rotatable bonds is 3. The van der Waals surface area contributed by atoms with Gasteiger partial charge in [-0.2, -0.15) is 0 Å². The van der Waals surface area contributed by atoms with Crippen LogP contribution in [-0.2, 0) is 4.74 Å². The zero-order chi connectivity index (χ0) is 19.0. The Morgan fingerprint density at radius 3 is 2.42 bits per heavy atom. The highest BCUT2D eigenvalue weighted by molar-refractivity contribution is 5.68. The first-order valence-electron chi connectivity index (χ1n) is 7.93. The molecule has 6 atom stereocenters. The summed E-state index contributed by atoms with van der Waals surface area (Å²) in [5, 5.41) is 43.3. The molecule has 10 heteroatoms. The van der Waals surface area contributed by atoms with Crippen LogP contribution in [-0.4, -0.2) is 78.0 Å². The summed E-state index contributed by atoms with van der Waals surface area (Å²) in [6, 6.07) is 1.97. The van der Waals surface area contributed by atoms with E-state index in [0.717, 1.165) is 7.11 Å². The second-order valence-corrected chi connectivity index (χ2v) is 6.11. The van der Waals surface area contributed by atoms with Gasteiger partial charge in [0.15, 0.2) is 11.5 Å². The van der Waals surface area contributed by atoms with Crippen molar-refractivity contribution in [3.05, 3.63) is 17.7 Å². The number of alkyl carbamates (subject to hydrolysis) is 1. The van der Waals surface area contributed by atoms with Gasteiger partial charge in [0.05, 0.1) is 26.4 Å². The van der Waals surface area contributed by atoms with E-state index in [4.69, 9.17) is 14.2 Å². The van der Waals surface area contributed by atoms with Crippen molar-refractivity contribution in [3.63, 3.8) is 0 Å². The normalized spacial score (nSPS) is 32.8. The van der Waals surface area contributed by atoms with E-state index in [9.17, 15) is 25.2 Å². The van der Waals surface area contributed by atoms with Gasteiger partial charge in [-0.05, 0) is 17.7 Å². The van der Waals surface area contributed by atoms with E-state index >= 15 is 0 Å². The van der Waals surface area contributed by atoms with Gasteiger partial charge in [-0.25, -0.2) is 4.79 Å². The molecule has 5 N–H and O–H groups in total. The molecule has 144 valence electrons. The van der Waals surface area contributed by atoms with E-state index in [1.165, 1.54) is 7.11 Å². The number of carbonyl (C=O) groups is 1. The number of nitrogens with one attached hydrogen (secondary N) is 1. The number of hydrogen-bond donors (Lipinski definition) is 5. The standard InChI is InChI=1S/C16H21NO9/c1-23-7-3-6(4-8-15(7)26-5-25-8)9-10(17-16(22)24-2)12(19)14(21)13(20)11(9)18/h3-4,9-14,18-21H,5H2,1-2H3,(H,17,22)/t9-,10-,11-,12+,13+,14+/m1/s1. The lowest BCUT2D eigenvalue weighted by Crippen LogP contribution is -2.64. The number of methoxy groups -OCH3 is 2. The molecule has 1 aliphatic carbocycles. The molecule has 1 saturated carbocycles. The molecule has 1 aromatic rings. The van der Waals surface area contributed by atoms with Crippen LogP contribution in [0.15, 0.2) is 12.1 Å². The molecular weight excluding hydrogens is 350 g/mol. The summed E-state index contributed by atoms with van der Waals surface area (Å²) in [4.78, 5) is 11.7. The number of carbonyl (C=O) groups excluding carboxylic acids is 1. The summed E-state index contributed by atoms with van der Waals surface area (Å²) >= 11 is 0. The second-order valence-electron chi connectivity index (χ2n) is 6.11. The molecule has 0 aromatic heterocycles. The Morgan fingerprint density at radius 1 is 1.08 bits per heavy atom. The smallest absolute Gasteiger partial charge is 0.407 e. The lowest BCUT2D eigenvalue weighted by Gasteiger charge is -2.44. The van der Waals surface area contributed by atoms with Crippen molar-refractivity contribution in [2.45, 2.75) is 36.4 Å². The molecule has 0 saturated heterocycles. The molecule has 10 nitrogen and oxygen atoms in total. The van der Waals surface area contributed by atoms with Gasteiger partial charge in [0.1, 0.15) is 18.3 Å². The molecule has 1 aromatic carbocycles. The molecule has 1 amide bonds. The zero-order valence-electron chi connectivity index (χ0n) is 14.2. The van der Waals surface area contributed by atoms with E-state index in [0.29, 0.717) is 22.8 Å². The number of aliphatic hydroxyl groups is 4. The second kappa shape index (κ2) is 7.16. The van der Waals surface area contributed by atoms with Crippen molar-refractivity contribution in [1.29, 1.82) is 0 Å². The minimum atomic E-state index is -1.65. The Kier molecular flexibility index (Phi) is 5.10. The predicted molar refractivity (Wildman–Crippen MR) is 85.2 cm³/mol. The van der Waals surface area contributed by atoms with Crippen LogP contribution in [0.25, 0.3) is 0 Å². The Hall–Kier alpha value is -2.27. The highest BCUT2D eigenvalue weighted by Crippen LogP contribution is 2.45. The van der Waals surface area contributed by atoms with Crippen molar-refractivity contribution in [2.24, 2.45) is 0 Å². The number of benzene rings is 1. The molecule has 26 heavy (non-hydrogen) atoms. The molecule has 0 spiro atoms. The van der Waals surface area contributed by atoms with Crippen LogP contribution in [0.1, 0.15) is 11.5 Å². The topological polar surface area (TPSA) is 147 Å². The van der Waals surface area contributed by atoms with Gasteiger partial charge >= 0.3 is 6.09 Å². The summed E-state index contributed by atoms with van der Waals surface area (Å²) < 4.78 is 20.5. The Bertz CT molecular complexity index is 682. The molecule has 1 aliphatic heterocycles. The molecule has 1 heterocycles. The summed E-state index contributed by atoms with van der Waals surface area (Å²) in [7, 11) is 2.57. The first-order valence-corrected chi connectivity index (χ1v) is 7.93. The van der Waals surface area contributed by atoms with Crippen LogP contribution < -0.4 is 19.5 Å². The summed E-state index contributed by atoms with van der Waals surface area (Å²) in [6.07, 6.45) is -7.17. The van der Waals surface area contributed by atoms with E-state index < -0.39 is 42.5 Å². The van der Waals surface area contributed by atoms with Crippen LogP contribution in [0.3, 0.4) is 0 Å². The first kappa shape index (κ1) is 18.5. The Labute approximate surface area is 148 Å². The largest absolute Gasteiger partial charge is 0.493 e. The quantitative estimate of drug-likeness (QED) is 0.437. The third-order valence-electron chi connectivity index (χ3n) is 4.71. The fourth-order valence-electron chi connectivity index (χ4n) is 3.37. The maximum Gasteiger partial charge on any atom is 0.407 e. The third kappa shape index (κ3) is 3.01. The first-order chi connectivity index (χ1) is 12.4. The molecule has 3 rings (SSSR count). The summed E-state index contributed by atoms with van der Waals surface area (Å²) in [6.45, 7) is -0.00380. The van der Waals surface area contributed by atoms with Gasteiger partial charge < -0.3 is 44.7 Å². The lowest BCUT2D eigenvalue weighted by atomic mass is 9.73. The van der Waals surface area contributed by atoms with Gasteiger partial charge in [0.25, 0.3) is 0 Å². The number of aliphatic hydroxyl groups excluding tert-OH is 4.